The van der Waals surface area contributed by atoms with Crippen molar-refractivity contribution in [1.29, 1.82) is 0 Å². The molecule has 1 aromatic rings. The lowest BCUT2D eigenvalue weighted by Crippen LogP contribution is -2.31. The molecule has 2 N–H and O–H groups in total. The first-order chi connectivity index (χ1) is 10.3. The van der Waals surface area contributed by atoms with Crippen LogP contribution in [-0.2, 0) is 0 Å². The zero-order chi connectivity index (χ0) is 14.7. The first kappa shape index (κ1) is 14.8. The summed E-state index contributed by atoms with van der Waals surface area (Å²) in [7, 11) is 0. The summed E-state index contributed by atoms with van der Waals surface area (Å²) in [4.78, 5) is 0. The Balaban J connectivity index is 1.53. The highest BCUT2D eigenvalue weighted by Crippen LogP contribution is 2.42. The van der Waals surface area contributed by atoms with Gasteiger partial charge in [0.25, 0.3) is 0 Å². The molecule has 0 amide bonds. The lowest BCUT2D eigenvalue weighted by Gasteiger charge is -2.37. The van der Waals surface area contributed by atoms with E-state index < -0.39 is 0 Å². The van der Waals surface area contributed by atoms with E-state index in [9.17, 15) is 0 Å². The van der Waals surface area contributed by atoms with Crippen molar-refractivity contribution in [3.8, 4) is 0 Å². The number of hydrogen-bond donors (Lipinski definition) is 1. The Labute approximate surface area is 129 Å². The lowest BCUT2D eigenvalue weighted by atomic mass is 9.69. The summed E-state index contributed by atoms with van der Waals surface area (Å²) in [5.74, 6) is 2.72. The van der Waals surface area contributed by atoms with Crippen LogP contribution in [0.1, 0.15) is 68.4 Å². The largest absolute Gasteiger partial charge is 0.328 e. The van der Waals surface area contributed by atoms with E-state index in [0.717, 1.165) is 17.8 Å². The summed E-state index contributed by atoms with van der Waals surface area (Å²) in [6.07, 6.45) is 12.8. The molecule has 0 atom stereocenters. The van der Waals surface area contributed by atoms with Gasteiger partial charge >= 0.3 is 0 Å². The van der Waals surface area contributed by atoms with Crippen LogP contribution < -0.4 is 5.73 Å². The SMILES string of the molecule is C=Cc1ccc(C2CCC(C3CCC(N)CC3)CC2)cc1. The fourth-order valence-electron chi connectivity index (χ4n) is 4.44. The maximum absolute atomic E-state index is 6.04. The van der Waals surface area contributed by atoms with Crippen LogP contribution >= 0.6 is 0 Å². The fraction of sp³-hybridized carbons (Fsp3) is 0.600. The molecule has 2 saturated carbocycles. The molecule has 0 radical (unpaired) electrons. The van der Waals surface area contributed by atoms with E-state index in [2.05, 4.69) is 30.8 Å². The summed E-state index contributed by atoms with van der Waals surface area (Å²) in [6.45, 7) is 3.83. The van der Waals surface area contributed by atoms with Crippen molar-refractivity contribution < 1.29 is 0 Å². The van der Waals surface area contributed by atoms with E-state index in [-0.39, 0.29) is 0 Å². The van der Waals surface area contributed by atoms with Crippen LogP contribution in [0, 0.1) is 11.8 Å². The Morgan fingerprint density at radius 2 is 1.33 bits per heavy atom. The zero-order valence-corrected chi connectivity index (χ0v) is 13.1. The maximum atomic E-state index is 6.04. The normalized spacial score (nSPS) is 33.6. The molecule has 1 nitrogen and oxygen atoms in total. The van der Waals surface area contributed by atoms with Gasteiger partial charge in [0.15, 0.2) is 0 Å². The molecule has 1 heteroatoms. The van der Waals surface area contributed by atoms with Crippen LogP contribution in [0.15, 0.2) is 30.8 Å². The topological polar surface area (TPSA) is 26.0 Å². The molecule has 0 unspecified atom stereocenters. The van der Waals surface area contributed by atoms with Gasteiger partial charge in [-0.15, -0.1) is 0 Å². The minimum Gasteiger partial charge on any atom is -0.328 e. The van der Waals surface area contributed by atoms with E-state index in [0.29, 0.717) is 6.04 Å². The van der Waals surface area contributed by atoms with Gasteiger partial charge in [-0.2, -0.15) is 0 Å². The van der Waals surface area contributed by atoms with Gasteiger partial charge in [0.2, 0.25) is 0 Å². The minimum atomic E-state index is 0.487. The van der Waals surface area contributed by atoms with Crippen molar-refractivity contribution in [3.63, 3.8) is 0 Å². The van der Waals surface area contributed by atoms with Crippen molar-refractivity contribution >= 4 is 6.08 Å². The van der Waals surface area contributed by atoms with Crippen LogP contribution in [0.5, 0.6) is 0 Å². The molecule has 0 spiro atoms. The van der Waals surface area contributed by atoms with Crippen LogP contribution in [0.4, 0.5) is 0 Å². The highest BCUT2D eigenvalue weighted by Gasteiger charge is 2.30. The Morgan fingerprint density at radius 1 is 0.810 bits per heavy atom. The zero-order valence-electron chi connectivity index (χ0n) is 13.1. The smallest absolute Gasteiger partial charge is 0.00390 e. The van der Waals surface area contributed by atoms with Crippen molar-refractivity contribution in [1.82, 2.24) is 0 Å². The van der Waals surface area contributed by atoms with Crippen LogP contribution in [0.2, 0.25) is 0 Å². The molecule has 2 fully saturated rings. The summed E-state index contributed by atoms with van der Waals surface area (Å²) in [5.41, 5.74) is 8.80. The first-order valence-corrected chi connectivity index (χ1v) is 8.74. The molecule has 0 aliphatic heterocycles. The molecule has 1 aromatic carbocycles. The van der Waals surface area contributed by atoms with Crippen molar-refractivity contribution in [3.05, 3.63) is 42.0 Å². The van der Waals surface area contributed by atoms with Gasteiger partial charge in [0.05, 0.1) is 0 Å². The lowest BCUT2D eigenvalue weighted by molar-refractivity contribution is 0.177. The third-order valence-corrected chi connectivity index (χ3v) is 5.90. The second-order valence-electron chi connectivity index (χ2n) is 7.16. The van der Waals surface area contributed by atoms with Gasteiger partial charge in [0, 0.05) is 6.04 Å². The molecular weight excluding hydrogens is 254 g/mol. The van der Waals surface area contributed by atoms with Gasteiger partial charge < -0.3 is 5.73 Å². The van der Waals surface area contributed by atoms with Crippen LogP contribution in [-0.4, -0.2) is 6.04 Å². The van der Waals surface area contributed by atoms with E-state index in [1.807, 2.05) is 6.08 Å². The Bertz CT molecular complexity index is 445. The van der Waals surface area contributed by atoms with Crippen LogP contribution in [0.25, 0.3) is 6.08 Å². The summed E-state index contributed by atoms with van der Waals surface area (Å²) in [6, 6.07) is 9.51. The van der Waals surface area contributed by atoms with E-state index in [1.54, 1.807) is 0 Å². The molecule has 21 heavy (non-hydrogen) atoms. The highest BCUT2D eigenvalue weighted by atomic mass is 14.6. The molecule has 114 valence electrons. The second kappa shape index (κ2) is 6.79. The third-order valence-electron chi connectivity index (χ3n) is 5.90. The summed E-state index contributed by atoms with van der Waals surface area (Å²) >= 11 is 0. The second-order valence-corrected chi connectivity index (χ2v) is 7.16. The molecule has 0 saturated heterocycles. The maximum Gasteiger partial charge on any atom is 0.00390 e. The molecule has 0 heterocycles. The molecule has 3 rings (SSSR count). The Morgan fingerprint density at radius 3 is 1.86 bits per heavy atom. The quantitative estimate of drug-likeness (QED) is 0.818. The molecular formula is C20H29N. The number of hydrogen-bond acceptors (Lipinski definition) is 1. The fourth-order valence-corrected chi connectivity index (χ4v) is 4.44. The summed E-state index contributed by atoms with van der Waals surface area (Å²) in [5, 5.41) is 0. The van der Waals surface area contributed by atoms with E-state index >= 15 is 0 Å². The molecule has 0 bridgehead atoms. The predicted octanol–water partition coefficient (Wildman–Crippen LogP) is 5.12. The van der Waals surface area contributed by atoms with E-state index in [1.165, 1.54) is 62.5 Å². The average molecular weight is 283 g/mol. The monoisotopic (exact) mass is 283 g/mol. The molecule has 2 aliphatic carbocycles. The number of benzene rings is 1. The standard InChI is InChI=1S/C20H29N/c1-2-15-3-5-16(6-4-15)17-7-9-18(10-8-17)19-11-13-20(21)14-12-19/h2-6,17-20H,1,7-14,21H2. The highest BCUT2D eigenvalue weighted by molar-refractivity contribution is 5.47. The van der Waals surface area contributed by atoms with Gasteiger partial charge in [-0.25, -0.2) is 0 Å². The van der Waals surface area contributed by atoms with Crippen molar-refractivity contribution in [2.24, 2.45) is 17.6 Å². The van der Waals surface area contributed by atoms with Gasteiger partial charge in [-0.3, -0.25) is 0 Å². The van der Waals surface area contributed by atoms with Crippen molar-refractivity contribution in [2.45, 2.75) is 63.3 Å². The van der Waals surface area contributed by atoms with E-state index in [4.69, 9.17) is 5.73 Å². The summed E-state index contributed by atoms with van der Waals surface area (Å²) < 4.78 is 0. The minimum absolute atomic E-state index is 0.487. The van der Waals surface area contributed by atoms with Gasteiger partial charge in [0.1, 0.15) is 0 Å². The molecule has 0 aromatic heterocycles. The van der Waals surface area contributed by atoms with Crippen LogP contribution in [0.3, 0.4) is 0 Å². The average Bonchev–Trinajstić information content (AvgIpc) is 2.56. The van der Waals surface area contributed by atoms with Gasteiger partial charge in [-0.05, 0) is 80.2 Å². The third kappa shape index (κ3) is 3.58. The van der Waals surface area contributed by atoms with Gasteiger partial charge in [-0.1, -0.05) is 36.9 Å². The number of rotatable bonds is 3. The number of nitrogens with two attached hydrogens (primary N) is 1. The first-order valence-electron chi connectivity index (χ1n) is 8.74. The van der Waals surface area contributed by atoms with Crippen molar-refractivity contribution in [2.75, 3.05) is 0 Å². The predicted molar refractivity (Wildman–Crippen MR) is 91.2 cm³/mol. The Kier molecular flexibility index (Phi) is 4.80. The molecule has 2 aliphatic rings. The Hall–Kier alpha value is -1.08.